The lowest BCUT2D eigenvalue weighted by Gasteiger charge is -2.08. The molecule has 1 aromatic carbocycles. The van der Waals surface area contributed by atoms with Gasteiger partial charge in [0.1, 0.15) is 0 Å². The Morgan fingerprint density at radius 2 is 2.05 bits per heavy atom. The van der Waals surface area contributed by atoms with Gasteiger partial charge in [0.15, 0.2) is 10.9 Å². The van der Waals surface area contributed by atoms with Gasteiger partial charge in [-0.3, -0.25) is 14.9 Å². The number of ketones is 1. The second kappa shape index (κ2) is 7.63. The van der Waals surface area contributed by atoms with Crippen molar-refractivity contribution in [3.8, 4) is 0 Å². The molecule has 0 bridgehead atoms. The molecule has 22 heavy (non-hydrogen) atoms. The number of Topliss-reactive ketones (excluding diaryl/α,β-unsaturated/α-hetero) is 1. The normalized spacial score (nSPS) is 10.4. The Hall–Kier alpha value is -2.31. The number of benzene rings is 1. The van der Waals surface area contributed by atoms with Crippen molar-refractivity contribution >= 4 is 52.1 Å². The Morgan fingerprint density at radius 3 is 2.73 bits per heavy atom. The van der Waals surface area contributed by atoms with Crippen LogP contribution in [0.15, 0.2) is 47.9 Å². The fourth-order valence-corrected chi connectivity index (χ4v) is 2.51. The van der Waals surface area contributed by atoms with Crippen molar-refractivity contribution in [3.05, 3.63) is 58.3 Å². The molecule has 2 aromatic rings. The van der Waals surface area contributed by atoms with Crippen LogP contribution < -0.4 is 10.6 Å². The summed E-state index contributed by atoms with van der Waals surface area (Å²) >= 11 is 6.62. The summed E-state index contributed by atoms with van der Waals surface area (Å²) in [4.78, 5) is 24.0. The minimum Gasteiger partial charge on any atom is -0.332 e. The van der Waals surface area contributed by atoms with Gasteiger partial charge >= 0.3 is 0 Å². The van der Waals surface area contributed by atoms with E-state index < -0.39 is 0 Å². The van der Waals surface area contributed by atoms with Crippen molar-refractivity contribution in [1.82, 2.24) is 5.32 Å². The fraction of sp³-hybridized carbons (Fsp3) is 0.0625. The number of hydrogen-bond donors (Lipinski definition) is 2. The number of thiocarbonyl (C=S) groups is 1. The van der Waals surface area contributed by atoms with Gasteiger partial charge in [0.05, 0.1) is 0 Å². The summed E-state index contributed by atoms with van der Waals surface area (Å²) in [5.74, 6) is -0.342. The molecule has 4 nitrogen and oxygen atoms in total. The summed E-state index contributed by atoms with van der Waals surface area (Å²) in [5.41, 5.74) is 1.23. The molecule has 112 valence electrons. The molecule has 2 rings (SSSR count). The molecule has 1 heterocycles. The molecule has 0 aliphatic heterocycles. The van der Waals surface area contributed by atoms with Crippen LogP contribution in [-0.4, -0.2) is 16.8 Å². The third kappa shape index (κ3) is 4.91. The Morgan fingerprint density at radius 1 is 1.23 bits per heavy atom. The van der Waals surface area contributed by atoms with E-state index in [1.54, 1.807) is 41.7 Å². The summed E-state index contributed by atoms with van der Waals surface area (Å²) in [6.45, 7) is 1.49. The minimum atomic E-state index is -0.311. The molecule has 0 aliphatic rings. The Labute approximate surface area is 137 Å². The van der Waals surface area contributed by atoms with Gasteiger partial charge in [0.2, 0.25) is 5.91 Å². The molecule has 0 spiro atoms. The molecular formula is C16H14N2O2S2. The lowest BCUT2D eigenvalue weighted by molar-refractivity contribution is -0.115. The smallest absolute Gasteiger partial charge is 0.250 e. The van der Waals surface area contributed by atoms with E-state index in [1.165, 1.54) is 13.0 Å². The Balaban J connectivity index is 1.91. The monoisotopic (exact) mass is 330 g/mol. The second-order valence-electron chi connectivity index (χ2n) is 4.43. The van der Waals surface area contributed by atoms with E-state index in [9.17, 15) is 9.59 Å². The molecule has 0 fully saturated rings. The van der Waals surface area contributed by atoms with Crippen LogP contribution in [0.1, 0.15) is 22.2 Å². The first kappa shape index (κ1) is 16.1. The van der Waals surface area contributed by atoms with Crippen molar-refractivity contribution in [3.63, 3.8) is 0 Å². The number of nitrogens with one attached hydrogen (secondary N) is 2. The average Bonchev–Trinajstić information content (AvgIpc) is 2.98. The Kier molecular flexibility index (Phi) is 5.57. The highest BCUT2D eigenvalue weighted by Crippen LogP contribution is 2.11. The number of carbonyl (C=O) groups is 2. The highest BCUT2D eigenvalue weighted by molar-refractivity contribution is 7.80. The topological polar surface area (TPSA) is 58.2 Å². The molecule has 0 saturated heterocycles. The van der Waals surface area contributed by atoms with Crippen LogP contribution in [0.2, 0.25) is 0 Å². The standard InChI is InChI=1S/C16H14N2O2S2/c1-11(19)12-4-2-5-13(10-12)17-16(21)18-15(20)8-7-14-6-3-9-22-14/h2-10H,1H3,(H2,17,18,20,21). The van der Waals surface area contributed by atoms with Crippen LogP contribution in [0.3, 0.4) is 0 Å². The molecule has 0 unspecified atom stereocenters. The molecule has 2 N–H and O–H groups in total. The van der Waals surface area contributed by atoms with Crippen molar-refractivity contribution < 1.29 is 9.59 Å². The number of anilines is 1. The van der Waals surface area contributed by atoms with Gasteiger partial charge in [0.25, 0.3) is 0 Å². The van der Waals surface area contributed by atoms with E-state index in [4.69, 9.17) is 12.2 Å². The van der Waals surface area contributed by atoms with E-state index >= 15 is 0 Å². The Bertz CT molecular complexity index is 722. The van der Waals surface area contributed by atoms with Crippen LogP contribution in [0.25, 0.3) is 6.08 Å². The lowest BCUT2D eigenvalue weighted by atomic mass is 10.1. The van der Waals surface area contributed by atoms with Crippen molar-refractivity contribution in [1.29, 1.82) is 0 Å². The minimum absolute atomic E-state index is 0.0301. The van der Waals surface area contributed by atoms with Crippen molar-refractivity contribution in [2.75, 3.05) is 5.32 Å². The van der Waals surface area contributed by atoms with Crippen LogP contribution in [0.4, 0.5) is 5.69 Å². The molecule has 0 atom stereocenters. The molecule has 6 heteroatoms. The zero-order valence-electron chi connectivity index (χ0n) is 11.8. The van der Waals surface area contributed by atoms with Crippen LogP contribution >= 0.6 is 23.6 Å². The first-order chi connectivity index (χ1) is 10.5. The second-order valence-corrected chi connectivity index (χ2v) is 5.82. The number of hydrogen-bond acceptors (Lipinski definition) is 4. The van der Waals surface area contributed by atoms with Gasteiger partial charge in [-0.25, -0.2) is 0 Å². The lowest BCUT2D eigenvalue weighted by Crippen LogP contribution is -2.32. The summed E-state index contributed by atoms with van der Waals surface area (Å²) < 4.78 is 0. The van der Waals surface area contributed by atoms with Crippen molar-refractivity contribution in [2.24, 2.45) is 0 Å². The maximum Gasteiger partial charge on any atom is 0.250 e. The largest absolute Gasteiger partial charge is 0.332 e. The maximum atomic E-state index is 11.7. The molecular weight excluding hydrogens is 316 g/mol. The highest BCUT2D eigenvalue weighted by atomic mass is 32.1. The van der Waals surface area contributed by atoms with E-state index in [0.29, 0.717) is 11.3 Å². The molecule has 1 amide bonds. The SMILES string of the molecule is CC(=O)c1cccc(NC(=S)NC(=O)C=Cc2cccs2)c1. The average molecular weight is 330 g/mol. The third-order valence-electron chi connectivity index (χ3n) is 2.71. The molecule has 1 aromatic heterocycles. The van der Waals surface area contributed by atoms with E-state index in [2.05, 4.69) is 10.6 Å². The fourth-order valence-electron chi connectivity index (χ4n) is 1.68. The van der Waals surface area contributed by atoms with Crippen molar-refractivity contribution in [2.45, 2.75) is 6.92 Å². The van der Waals surface area contributed by atoms with Crippen LogP contribution in [0, 0.1) is 0 Å². The zero-order chi connectivity index (χ0) is 15.9. The van der Waals surface area contributed by atoms with Gasteiger partial charge in [-0.1, -0.05) is 18.2 Å². The number of amides is 1. The molecule has 0 radical (unpaired) electrons. The zero-order valence-corrected chi connectivity index (χ0v) is 13.5. The quantitative estimate of drug-likeness (QED) is 0.512. The number of carbonyl (C=O) groups excluding carboxylic acids is 2. The van der Waals surface area contributed by atoms with E-state index in [1.807, 2.05) is 17.5 Å². The summed E-state index contributed by atoms with van der Waals surface area (Å²) in [6.07, 6.45) is 3.14. The van der Waals surface area contributed by atoms with Gasteiger partial charge in [0, 0.05) is 22.2 Å². The van der Waals surface area contributed by atoms with Gasteiger partial charge in [-0.15, -0.1) is 11.3 Å². The van der Waals surface area contributed by atoms with Gasteiger partial charge in [-0.2, -0.15) is 0 Å². The number of thiophene rings is 1. The van der Waals surface area contributed by atoms with Gasteiger partial charge < -0.3 is 5.32 Å². The third-order valence-corrected chi connectivity index (χ3v) is 3.75. The summed E-state index contributed by atoms with van der Waals surface area (Å²) in [5, 5.41) is 7.55. The highest BCUT2D eigenvalue weighted by Gasteiger charge is 2.04. The van der Waals surface area contributed by atoms with Crippen LogP contribution in [0.5, 0.6) is 0 Å². The van der Waals surface area contributed by atoms with E-state index in [0.717, 1.165) is 4.88 Å². The predicted molar refractivity (Wildman–Crippen MR) is 94.2 cm³/mol. The molecule has 0 saturated carbocycles. The maximum absolute atomic E-state index is 11.7. The summed E-state index contributed by atoms with van der Waals surface area (Å²) in [6, 6.07) is 10.8. The summed E-state index contributed by atoms with van der Waals surface area (Å²) in [7, 11) is 0. The van der Waals surface area contributed by atoms with Gasteiger partial charge in [-0.05, 0) is 48.8 Å². The predicted octanol–water partition coefficient (Wildman–Crippen LogP) is 3.48. The molecule has 0 aliphatic carbocycles. The first-order valence-electron chi connectivity index (χ1n) is 6.49. The number of rotatable bonds is 4. The van der Waals surface area contributed by atoms with Crippen LogP contribution in [-0.2, 0) is 4.79 Å². The first-order valence-corrected chi connectivity index (χ1v) is 7.78. The van der Waals surface area contributed by atoms with E-state index in [-0.39, 0.29) is 16.8 Å².